The van der Waals surface area contributed by atoms with Gasteiger partial charge in [0.1, 0.15) is 0 Å². The highest BCUT2D eigenvalue weighted by Gasteiger charge is 2.39. The first kappa shape index (κ1) is 21.1. The number of carbonyl (C=O) groups excluding carboxylic acids is 1. The van der Waals surface area contributed by atoms with Gasteiger partial charge < -0.3 is 15.6 Å². The Balaban J connectivity index is 0.00000225. The van der Waals surface area contributed by atoms with Gasteiger partial charge in [-0.1, -0.05) is 23.2 Å². The average Bonchev–Trinajstić information content (AvgIpc) is 3.10. The molecule has 2 fully saturated rings. The normalized spacial score (nSPS) is 26.4. The summed E-state index contributed by atoms with van der Waals surface area (Å²) >= 11 is 5.90. The SMILES string of the molecule is Cl.NC1CC2CCCC(C1)C2NC(=O)CCc1nc(-c2ccc(Cl)cc2)no1. The van der Waals surface area contributed by atoms with Gasteiger partial charge in [0.05, 0.1) is 0 Å². The lowest BCUT2D eigenvalue weighted by Gasteiger charge is -2.45. The first-order valence-electron chi connectivity index (χ1n) is 9.72. The summed E-state index contributed by atoms with van der Waals surface area (Å²) < 4.78 is 5.29. The van der Waals surface area contributed by atoms with Crippen LogP contribution < -0.4 is 11.1 Å². The zero-order chi connectivity index (χ0) is 18.8. The molecule has 2 bridgehead atoms. The van der Waals surface area contributed by atoms with E-state index in [1.807, 2.05) is 12.1 Å². The number of aromatic nitrogens is 2. The molecule has 3 N–H and O–H groups in total. The largest absolute Gasteiger partial charge is 0.353 e. The number of benzene rings is 1. The molecule has 0 spiro atoms. The summed E-state index contributed by atoms with van der Waals surface area (Å²) in [6, 6.07) is 7.82. The first-order chi connectivity index (χ1) is 13.1. The summed E-state index contributed by atoms with van der Waals surface area (Å²) in [5, 5.41) is 7.91. The lowest BCUT2D eigenvalue weighted by molar-refractivity contribution is -0.123. The molecule has 0 saturated heterocycles. The zero-order valence-corrected chi connectivity index (χ0v) is 17.2. The second-order valence-corrected chi connectivity index (χ2v) is 8.23. The van der Waals surface area contributed by atoms with E-state index in [0.29, 0.717) is 41.4 Å². The Morgan fingerprint density at radius 1 is 1.21 bits per heavy atom. The van der Waals surface area contributed by atoms with Crippen molar-refractivity contribution in [2.45, 2.75) is 57.0 Å². The quantitative estimate of drug-likeness (QED) is 0.761. The van der Waals surface area contributed by atoms with Gasteiger partial charge in [0, 0.05) is 35.5 Å². The number of aryl methyl sites for hydroxylation is 1. The minimum atomic E-state index is 0. The van der Waals surface area contributed by atoms with E-state index in [2.05, 4.69) is 15.5 Å². The van der Waals surface area contributed by atoms with Gasteiger partial charge in [0.2, 0.25) is 17.6 Å². The topological polar surface area (TPSA) is 94.0 Å². The van der Waals surface area contributed by atoms with Crippen LogP contribution in [0.15, 0.2) is 28.8 Å². The molecule has 6 nitrogen and oxygen atoms in total. The molecule has 1 heterocycles. The molecule has 0 radical (unpaired) electrons. The number of hydrogen-bond acceptors (Lipinski definition) is 5. The maximum absolute atomic E-state index is 12.5. The van der Waals surface area contributed by atoms with Gasteiger partial charge in [-0.05, 0) is 61.8 Å². The highest BCUT2D eigenvalue weighted by Crippen LogP contribution is 2.39. The fraction of sp³-hybridized carbons (Fsp3) is 0.550. The van der Waals surface area contributed by atoms with Crippen LogP contribution >= 0.6 is 24.0 Å². The van der Waals surface area contributed by atoms with Crippen molar-refractivity contribution in [2.24, 2.45) is 17.6 Å². The van der Waals surface area contributed by atoms with E-state index in [9.17, 15) is 4.79 Å². The molecule has 8 heteroatoms. The Bertz CT molecular complexity index is 782. The van der Waals surface area contributed by atoms with Crippen LogP contribution in [0.4, 0.5) is 0 Å². The van der Waals surface area contributed by atoms with Gasteiger partial charge in [-0.25, -0.2) is 0 Å². The maximum atomic E-state index is 12.5. The number of halogens is 2. The van der Waals surface area contributed by atoms with Gasteiger partial charge in [0.25, 0.3) is 0 Å². The summed E-state index contributed by atoms with van der Waals surface area (Å²) in [4.78, 5) is 16.8. The molecule has 4 rings (SSSR count). The zero-order valence-electron chi connectivity index (χ0n) is 15.6. The average molecular weight is 425 g/mol. The summed E-state index contributed by atoms with van der Waals surface area (Å²) in [5.74, 6) is 2.09. The minimum absolute atomic E-state index is 0. The summed E-state index contributed by atoms with van der Waals surface area (Å²) in [6.07, 6.45) is 6.43. The minimum Gasteiger partial charge on any atom is -0.353 e. The standard InChI is InChI=1S/C20H25ClN4O2.ClH/c21-15-6-4-12(5-7-15)20-24-18(27-25-20)9-8-17(26)23-19-13-2-1-3-14(19)11-16(22)10-13;/h4-7,13-14,16,19H,1-3,8-11,22H2,(H,23,26);1H. The number of nitrogens with zero attached hydrogens (tertiary/aromatic N) is 2. The van der Waals surface area contributed by atoms with Crippen LogP contribution in [0.25, 0.3) is 11.4 Å². The van der Waals surface area contributed by atoms with E-state index in [-0.39, 0.29) is 30.4 Å². The van der Waals surface area contributed by atoms with Gasteiger partial charge in [0.15, 0.2) is 0 Å². The molecule has 152 valence electrons. The van der Waals surface area contributed by atoms with Crippen molar-refractivity contribution in [3.05, 3.63) is 35.2 Å². The second-order valence-electron chi connectivity index (χ2n) is 7.79. The van der Waals surface area contributed by atoms with Crippen molar-refractivity contribution < 1.29 is 9.32 Å². The van der Waals surface area contributed by atoms with Crippen molar-refractivity contribution in [2.75, 3.05) is 0 Å². The predicted molar refractivity (Wildman–Crippen MR) is 110 cm³/mol. The van der Waals surface area contributed by atoms with Crippen LogP contribution in [0.2, 0.25) is 5.02 Å². The molecule has 2 unspecified atom stereocenters. The smallest absolute Gasteiger partial charge is 0.227 e. The van der Waals surface area contributed by atoms with Crippen molar-refractivity contribution in [3.63, 3.8) is 0 Å². The van der Waals surface area contributed by atoms with Crippen LogP contribution in [0.5, 0.6) is 0 Å². The highest BCUT2D eigenvalue weighted by atomic mass is 35.5. The van der Waals surface area contributed by atoms with E-state index in [0.717, 1.165) is 18.4 Å². The number of carbonyl (C=O) groups is 1. The Morgan fingerprint density at radius 2 is 1.89 bits per heavy atom. The number of nitrogens with two attached hydrogens (primary N) is 1. The van der Waals surface area contributed by atoms with Gasteiger partial charge >= 0.3 is 0 Å². The van der Waals surface area contributed by atoms with Gasteiger partial charge in [-0.15, -0.1) is 12.4 Å². The summed E-state index contributed by atoms with van der Waals surface area (Å²) in [7, 11) is 0. The molecule has 2 aliphatic carbocycles. The third-order valence-corrected chi connectivity index (χ3v) is 6.09. The molecule has 1 amide bonds. The molecule has 2 atom stereocenters. The van der Waals surface area contributed by atoms with Crippen molar-refractivity contribution >= 4 is 29.9 Å². The molecule has 28 heavy (non-hydrogen) atoms. The van der Waals surface area contributed by atoms with Crippen molar-refractivity contribution in [3.8, 4) is 11.4 Å². The lowest BCUT2D eigenvalue weighted by atomic mass is 9.67. The molecule has 1 aromatic heterocycles. The molecular weight excluding hydrogens is 399 g/mol. The third-order valence-electron chi connectivity index (χ3n) is 5.84. The maximum Gasteiger partial charge on any atom is 0.227 e. The van der Waals surface area contributed by atoms with Crippen LogP contribution in [0.3, 0.4) is 0 Å². The van der Waals surface area contributed by atoms with Crippen LogP contribution in [0.1, 0.15) is 44.4 Å². The molecule has 2 aliphatic rings. The molecular formula is C20H26Cl2N4O2. The third kappa shape index (κ3) is 4.85. The lowest BCUT2D eigenvalue weighted by Crippen LogP contribution is -2.53. The number of rotatable bonds is 5. The highest BCUT2D eigenvalue weighted by molar-refractivity contribution is 6.30. The Morgan fingerprint density at radius 3 is 2.57 bits per heavy atom. The van der Waals surface area contributed by atoms with E-state index >= 15 is 0 Å². The second kappa shape index (κ2) is 9.25. The number of amides is 1. The molecule has 2 aromatic rings. The summed E-state index contributed by atoms with van der Waals surface area (Å²) in [5.41, 5.74) is 7.00. The Hall–Kier alpha value is -1.63. The van der Waals surface area contributed by atoms with Crippen molar-refractivity contribution in [1.29, 1.82) is 0 Å². The van der Waals surface area contributed by atoms with Crippen molar-refractivity contribution in [1.82, 2.24) is 15.5 Å². The molecule has 0 aliphatic heterocycles. The number of nitrogens with one attached hydrogen (secondary N) is 1. The van der Waals surface area contributed by atoms with E-state index in [1.54, 1.807) is 12.1 Å². The fourth-order valence-electron chi connectivity index (χ4n) is 4.58. The Kier molecular flexibility index (Phi) is 6.96. The summed E-state index contributed by atoms with van der Waals surface area (Å²) in [6.45, 7) is 0. The monoisotopic (exact) mass is 424 g/mol. The van der Waals surface area contributed by atoms with Gasteiger partial charge in [-0.3, -0.25) is 4.79 Å². The van der Waals surface area contributed by atoms with E-state index < -0.39 is 0 Å². The number of fused-ring (bicyclic) bond motifs is 2. The van der Waals surface area contributed by atoms with E-state index in [4.69, 9.17) is 21.9 Å². The van der Waals surface area contributed by atoms with E-state index in [1.165, 1.54) is 19.3 Å². The number of hydrogen-bond donors (Lipinski definition) is 2. The van der Waals surface area contributed by atoms with Crippen LogP contribution in [-0.4, -0.2) is 28.1 Å². The van der Waals surface area contributed by atoms with Crippen LogP contribution in [-0.2, 0) is 11.2 Å². The fourth-order valence-corrected chi connectivity index (χ4v) is 4.70. The first-order valence-corrected chi connectivity index (χ1v) is 10.1. The molecule has 2 saturated carbocycles. The van der Waals surface area contributed by atoms with Gasteiger partial charge in [-0.2, -0.15) is 4.98 Å². The molecule has 1 aromatic carbocycles. The van der Waals surface area contributed by atoms with Crippen LogP contribution in [0, 0.1) is 11.8 Å². The Labute approximate surface area is 176 Å². The predicted octanol–water partition coefficient (Wildman–Crippen LogP) is 3.77.